The molecule has 8 heteroatoms. The van der Waals surface area contributed by atoms with Gasteiger partial charge < -0.3 is 4.74 Å². The summed E-state index contributed by atoms with van der Waals surface area (Å²) in [5.41, 5.74) is -0.826. The van der Waals surface area contributed by atoms with Gasteiger partial charge in [-0.05, 0) is 53.3 Å². The predicted octanol–water partition coefficient (Wildman–Crippen LogP) is 8.78. The molecule has 0 radical (unpaired) electrons. The third-order valence-electron chi connectivity index (χ3n) is 4.56. The number of hydrogen-bond donors (Lipinski definition) is 0. The van der Waals surface area contributed by atoms with Gasteiger partial charge in [0, 0.05) is 0 Å². The number of rotatable bonds is 12. The maximum atomic E-state index is 13.8. The van der Waals surface area contributed by atoms with E-state index in [1.54, 1.807) is 24.3 Å². The molecule has 3 nitrogen and oxygen atoms in total. The van der Waals surface area contributed by atoms with Crippen molar-refractivity contribution in [3.8, 4) is 5.75 Å². The van der Waals surface area contributed by atoms with Crippen LogP contribution in [0.4, 0.5) is 28.9 Å². The fourth-order valence-electron chi connectivity index (χ4n) is 2.82. The van der Waals surface area contributed by atoms with Gasteiger partial charge in [0.25, 0.3) is 0 Å². The number of azo groups is 1. The van der Waals surface area contributed by atoms with Crippen molar-refractivity contribution >= 4 is 34.0 Å². The first kappa shape index (κ1) is 24.6. The fraction of sp³-hybridized carbons (Fsp3) is 0.455. The SMILES string of the molecule is CCCCCCCCCCOc1ccc(N=Nc2c(F)c(F)c(I)c(F)c2F)cc1. The summed E-state index contributed by atoms with van der Waals surface area (Å²) >= 11 is 1.19. The van der Waals surface area contributed by atoms with Crippen LogP contribution < -0.4 is 4.74 Å². The summed E-state index contributed by atoms with van der Waals surface area (Å²) < 4.78 is 59.7. The highest BCUT2D eigenvalue weighted by Crippen LogP contribution is 2.32. The Balaban J connectivity index is 1.81. The van der Waals surface area contributed by atoms with Gasteiger partial charge >= 0.3 is 0 Å². The molecule has 0 atom stereocenters. The number of ether oxygens (including phenoxy) is 1. The zero-order valence-electron chi connectivity index (χ0n) is 16.9. The van der Waals surface area contributed by atoms with Crippen LogP contribution in [0.1, 0.15) is 58.3 Å². The maximum absolute atomic E-state index is 13.8. The van der Waals surface area contributed by atoms with Gasteiger partial charge in [-0.3, -0.25) is 0 Å². The summed E-state index contributed by atoms with van der Waals surface area (Å²) in [6.07, 6.45) is 9.72. The molecule has 0 aliphatic rings. The Bertz CT molecular complexity index is 815. The standard InChI is InChI=1S/C22H25F4IN2O/c1-2-3-4-5-6-7-8-9-14-30-16-12-10-15(11-13-16)28-29-22-19(25)17(23)21(27)18(24)20(22)26/h10-13H,2-9,14H2,1H3. The largest absolute Gasteiger partial charge is 0.494 e. The Labute approximate surface area is 188 Å². The second-order valence-electron chi connectivity index (χ2n) is 6.94. The van der Waals surface area contributed by atoms with E-state index in [9.17, 15) is 17.6 Å². The minimum absolute atomic E-state index is 0.271. The molecule has 0 saturated carbocycles. The number of nitrogens with zero attached hydrogens (tertiary/aromatic N) is 2. The van der Waals surface area contributed by atoms with Gasteiger partial charge in [-0.2, -0.15) is 5.11 Å². The fourth-order valence-corrected chi connectivity index (χ4v) is 3.30. The molecule has 0 aliphatic heterocycles. The van der Waals surface area contributed by atoms with Crippen LogP contribution in [0.25, 0.3) is 0 Å². The molecule has 0 N–H and O–H groups in total. The summed E-state index contributed by atoms with van der Waals surface area (Å²) in [5.74, 6) is -5.50. The second-order valence-corrected chi connectivity index (χ2v) is 8.01. The Morgan fingerprint density at radius 1 is 0.733 bits per heavy atom. The molecule has 0 fully saturated rings. The molecule has 30 heavy (non-hydrogen) atoms. The topological polar surface area (TPSA) is 34.0 Å². The average Bonchev–Trinajstić information content (AvgIpc) is 2.76. The summed E-state index contributed by atoms with van der Waals surface area (Å²) in [5, 5.41) is 7.00. The molecule has 0 heterocycles. The van der Waals surface area contributed by atoms with Crippen molar-refractivity contribution in [2.45, 2.75) is 58.3 Å². The molecule has 0 amide bonds. The first-order chi connectivity index (χ1) is 14.5. The van der Waals surface area contributed by atoms with Gasteiger partial charge in [0.15, 0.2) is 29.0 Å². The van der Waals surface area contributed by atoms with Crippen molar-refractivity contribution in [2.24, 2.45) is 10.2 Å². The number of unbranched alkanes of at least 4 members (excludes halogenated alkanes) is 7. The normalized spacial score (nSPS) is 11.4. The second kappa shape index (κ2) is 12.9. The van der Waals surface area contributed by atoms with Crippen molar-refractivity contribution in [3.05, 3.63) is 51.1 Å². The highest BCUT2D eigenvalue weighted by atomic mass is 127. The molecule has 164 valence electrons. The molecular weight excluding hydrogens is 511 g/mol. The quantitative estimate of drug-likeness (QED) is 0.0667. The molecular formula is C22H25F4IN2O. The van der Waals surface area contributed by atoms with Crippen molar-refractivity contribution < 1.29 is 22.3 Å². The maximum Gasteiger partial charge on any atom is 0.190 e. The number of benzene rings is 2. The third-order valence-corrected chi connectivity index (χ3v) is 5.50. The van der Waals surface area contributed by atoms with E-state index in [4.69, 9.17) is 4.74 Å². The van der Waals surface area contributed by atoms with Crippen molar-refractivity contribution in [3.63, 3.8) is 0 Å². The molecule has 0 bridgehead atoms. The van der Waals surface area contributed by atoms with Gasteiger partial charge in [-0.15, -0.1) is 5.11 Å². The van der Waals surface area contributed by atoms with E-state index >= 15 is 0 Å². The molecule has 2 rings (SSSR count). The lowest BCUT2D eigenvalue weighted by atomic mass is 10.1. The molecule has 0 aliphatic carbocycles. The van der Waals surface area contributed by atoms with Crippen LogP contribution in [0.5, 0.6) is 5.75 Å². The van der Waals surface area contributed by atoms with E-state index in [1.165, 1.54) is 61.1 Å². The average molecular weight is 536 g/mol. The predicted molar refractivity (Wildman–Crippen MR) is 118 cm³/mol. The zero-order chi connectivity index (χ0) is 21.9. The summed E-state index contributed by atoms with van der Waals surface area (Å²) in [7, 11) is 0. The van der Waals surface area contributed by atoms with Crippen LogP contribution in [-0.4, -0.2) is 6.61 Å². The first-order valence-electron chi connectivity index (χ1n) is 10.1. The lowest BCUT2D eigenvalue weighted by molar-refractivity contribution is 0.304. The third kappa shape index (κ3) is 7.21. The van der Waals surface area contributed by atoms with Crippen LogP contribution in [-0.2, 0) is 0 Å². The van der Waals surface area contributed by atoms with Crippen molar-refractivity contribution in [2.75, 3.05) is 6.61 Å². The van der Waals surface area contributed by atoms with Crippen molar-refractivity contribution in [1.82, 2.24) is 0 Å². The molecule has 2 aromatic rings. The van der Waals surface area contributed by atoms with Gasteiger partial charge in [0.2, 0.25) is 0 Å². The van der Waals surface area contributed by atoms with Gasteiger partial charge in [0.05, 0.1) is 15.9 Å². The van der Waals surface area contributed by atoms with E-state index in [1.807, 2.05) is 0 Å². The molecule has 0 unspecified atom stereocenters. The van der Waals surface area contributed by atoms with E-state index in [0.29, 0.717) is 12.4 Å². The smallest absolute Gasteiger partial charge is 0.190 e. The van der Waals surface area contributed by atoms with Gasteiger partial charge in [-0.25, -0.2) is 17.6 Å². The molecule has 0 spiro atoms. The Morgan fingerprint density at radius 3 is 1.83 bits per heavy atom. The minimum Gasteiger partial charge on any atom is -0.494 e. The monoisotopic (exact) mass is 536 g/mol. The minimum atomic E-state index is -1.58. The Kier molecular flexibility index (Phi) is 10.5. The lowest BCUT2D eigenvalue weighted by Crippen LogP contribution is -1.99. The zero-order valence-corrected chi connectivity index (χ0v) is 19.0. The Hall–Kier alpha value is -1.71. The van der Waals surface area contributed by atoms with Gasteiger partial charge in [-0.1, -0.05) is 51.9 Å². The van der Waals surface area contributed by atoms with E-state index in [0.717, 1.165) is 12.8 Å². The lowest BCUT2D eigenvalue weighted by Gasteiger charge is -2.06. The molecule has 0 saturated heterocycles. The van der Waals surface area contributed by atoms with E-state index < -0.39 is 32.5 Å². The highest BCUT2D eigenvalue weighted by molar-refractivity contribution is 14.1. The highest BCUT2D eigenvalue weighted by Gasteiger charge is 2.24. The first-order valence-corrected chi connectivity index (χ1v) is 11.2. The van der Waals surface area contributed by atoms with E-state index in [-0.39, 0.29) is 5.69 Å². The molecule has 0 aromatic heterocycles. The van der Waals surface area contributed by atoms with E-state index in [2.05, 4.69) is 17.2 Å². The van der Waals surface area contributed by atoms with Gasteiger partial charge in [0.1, 0.15) is 5.75 Å². The van der Waals surface area contributed by atoms with Crippen LogP contribution in [0.15, 0.2) is 34.5 Å². The van der Waals surface area contributed by atoms with Crippen LogP contribution in [0.2, 0.25) is 0 Å². The summed E-state index contributed by atoms with van der Waals surface area (Å²) in [6, 6.07) is 6.39. The number of hydrogen-bond acceptors (Lipinski definition) is 3. The summed E-state index contributed by atoms with van der Waals surface area (Å²) in [4.78, 5) is 0. The van der Waals surface area contributed by atoms with Crippen molar-refractivity contribution in [1.29, 1.82) is 0 Å². The summed E-state index contributed by atoms with van der Waals surface area (Å²) in [6.45, 7) is 2.81. The van der Waals surface area contributed by atoms with Crippen LogP contribution in [0, 0.1) is 26.8 Å². The van der Waals surface area contributed by atoms with Crippen LogP contribution >= 0.6 is 22.6 Å². The Morgan fingerprint density at radius 2 is 1.27 bits per heavy atom. The number of halogens is 5. The molecule has 2 aromatic carbocycles. The van der Waals surface area contributed by atoms with Crippen LogP contribution in [0.3, 0.4) is 0 Å².